The molecular weight excluding hydrogens is 210 g/mol. The highest BCUT2D eigenvalue weighted by Gasteiger charge is 2.35. The zero-order chi connectivity index (χ0) is 11.3. The summed E-state index contributed by atoms with van der Waals surface area (Å²) in [6.45, 7) is 7.14. The predicted molar refractivity (Wildman–Crippen MR) is 62.7 cm³/mol. The number of nitrogens with zero attached hydrogens (tertiary/aromatic N) is 2. The largest absolute Gasteiger partial charge is 0.266 e. The van der Waals surface area contributed by atoms with Crippen LogP contribution in [0.3, 0.4) is 0 Å². The molecule has 0 saturated heterocycles. The molecule has 1 aromatic rings. The van der Waals surface area contributed by atoms with Gasteiger partial charge in [-0.15, -0.1) is 0 Å². The molecule has 84 valence electrons. The van der Waals surface area contributed by atoms with E-state index in [1.54, 1.807) is 0 Å². The summed E-state index contributed by atoms with van der Waals surface area (Å²) < 4.78 is 16.0. The number of aryl methyl sites for hydroxylation is 1. The van der Waals surface area contributed by atoms with Crippen molar-refractivity contribution in [3.8, 4) is 0 Å². The highest BCUT2D eigenvalue weighted by molar-refractivity contribution is 7.18. The van der Waals surface area contributed by atoms with Gasteiger partial charge in [0.25, 0.3) is 0 Å². The first-order valence-electron chi connectivity index (χ1n) is 5.37. The lowest BCUT2D eigenvalue weighted by Crippen LogP contribution is -2.23. The van der Waals surface area contributed by atoms with Gasteiger partial charge in [0, 0.05) is 12.0 Å². The van der Waals surface area contributed by atoms with Crippen LogP contribution in [0.4, 0.5) is 4.39 Å². The standard InChI is InChI=1S/C11H18FN2P/c1-10(2,3)8-7-9-11(12,15)5-4-6-14(9)13-8/h7H,4-6,15H2,1-3H3. The topological polar surface area (TPSA) is 17.8 Å². The van der Waals surface area contributed by atoms with Crippen LogP contribution in [0.25, 0.3) is 0 Å². The number of fused-ring (bicyclic) bond motifs is 1. The molecule has 1 aliphatic heterocycles. The molecule has 0 aromatic carbocycles. The third-order valence-corrected chi connectivity index (χ3v) is 3.47. The van der Waals surface area contributed by atoms with Gasteiger partial charge in [0.15, 0.2) is 5.41 Å². The maximum Gasteiger partial charge on any atom is 0.164 e. The van der Waals surface area contributed by atoms with Crippen molar-refractivity contribution in [1.82, 2.24) is 9.78 Å². The Bertz CT molecular complexity index is 376. The Hall–Kier alpha value is -0.430. The quantitative estimate of drug-likeness (QED) is 0.624. The van der Waals surface area contributed by atoms with E-state index in [1.807, 2.05) is 10.7 Å². The Labute approximate surface area is 92.4 Å². The van der Waals surface area contributed by atoms with E-state index in [9.17, 15) is 4.39 Å². The fourth-order valence-electron chi connectivity index (χ4n) is 1.90. The number of hydrogen-bond acceptors (Lipinski definition) is 1. The van der Waals surface area contributed by atoms with E-state index < -0.39 is 5.41 Å². The predicted octanol–water partition coefficient (Wildman–Crippen LogP) is 2.97. The summed E-state index contributed by atoms with van der Waals surface area (Å²) >= 11 is 0. The summed E-state index contributed by atoms with van der Waals surface area (Å²) in [6.07, 6.45) is 1.44. The summed E-state index contributed by atoms with van der Waals surface area (Å²) in [7, 11) is 2.32. The first kappa shape index (κ1) is 11.1. The molecule has 0 N–H and O–H groups in total. The molecular formula is C11H18FN2P. The number of alkyl halides is 1. The lowest BCUT2D eigenvalue weighted by atomic mass is 9.92. The van der Waals surface area contributed by atoms with E-state index in [1.165, 1.54) is 0 Å². The summed E-state index contributed by atoms with van der Waals surface area (Å²) in [4.78, 5) is 0. The van der Waals surface area contributed by atoms with E-state index in [-0.39, 0.29) is 5.41 Å². The van der Waals surface area contributed by atoms with E-state index in [2.05, 4.69) is 35.1 Å². The summed E-state index contributed by atoms with van der Waals surface area (Å²) in [6, 6.07) is 1.91. The molecule has 2 unspecified atom stereocenters. The first-order valence-corrected chi connectivity index (χ1v) is 5.95. The van der Waals surface area contributed by atoms with E-state index in [4.69, 9.17) is 0 Å². The SMILES string of the molecule is CC(C)(C)c1cc2n(n1)CCCC2(F)P. The second kappa shape index (κ2) is 3.28. The third kappa shape index (κ3) is 1.94. The maximum absolute atomic E-state index is 14.2. The van der Waals surface area contributed by atoms with Crippen molar-refractivity contribution >= 4 is 9.24 Å². The van der Waals surface area contributed by atoms with Crippen LogP contribution >= 0.6 is 9.24 Å². The lowest BCUT2D eigenvalue weighted by molar-refractivity contribution is 0.218. The van der Waals surface area contributed by atoms with Gasteiger partial charge in [-0.1, -0.05) is 30.0 Å². The van der Waals surface area contributed by atoms with Gasteiger partial charge >= 0.3 is 0 Å². The van der Waals surface area contributed by atoms with Crippen LogP contribution in [-0.4, -0.2) is 9.78 Å². The van der Waals surface area contributed by atoms with Gasteiger partial charge in [0.1, 0.15) is 0 Å². The molecule has 0 fully saturated rings. The number of aromatic nitrogens is 2. The van der Waals surface area contributed by atoms with Crippen LogP contribution in [0.2, 0.25) is 0 Å². The molecule has 1 aliphatic rings. The van der Waals surface area contributed by atoms with Crippen molar-refractivity contribution in [2.75, 3.05) is 0 Å². The zero-order valence-corrected chi connectivity index (χ0v) is 10.7. The molecule has 15 heavy (non-hydrogen) atoms. The first-order chi connectivity index (χ1) is 6.81. The molecule has 0 spiro atoms. The van der Waals surface area contributed by atoms with Crippen LogP contribution in [0.5, 0.6) is 0 Å². The number of rotatable bonds is 0. The van der Waals surface area contributed by atoms with Crippen LogP contribution in [0, 0.1) is 0 Å². The van der Waals surface area contributed by atoms with Crippen molar-refractivity contribution in [3.05, 3.63) is 17.5 Å². The minimum atomic E-state index is -1.28. The Balaban J connectivity index is 2.47. The normalized spacial score (nSPS) is 26.5. The minimum Gasteiger partial charge on any atom is -0.266 e. The molecule has 2 heterocycles. The molecule has 2 rings (SSSR count). The van der Waals surface area contributed by atoms with Crippen molar-refractivity contribution in [1.29, 1.82) is 0 Å². The van der Waals surface area contributed by atoms with Gasteiger partial charge in [-0.05, 0) is 18.9 Å². The van der Waals surface area contributed by atoms with Gasteiger partial charge in [-0.25, -0.2) is 4.39 Å². The fourth-order valence-corrected chi connectivity index (χ4v) is 2.34. The van der Waals surface area contributed by atoms with Crippen LogP contribution in [0.15, 0.2) is 6.07 Å². The van der Waals surface area contributed by atoms with Crippen molar-refractivity contribution in [2.45, 2.75) is 51.0 Å². The monoisotopic (exact) mass is 228 g/mol. The zero-order valence-electron chi connectivity index (χ0n) is 9.55. The van der Waals surface area contributed by atoms with Gasteiger partial charge < -0.3 is 0 Å². The number of halogens is 1. The van der Waals surface area contributed by atoms with Gasteiger partial charge in [-0.3, -0.25) is 4.68 Å². The van der Waals surface area contributed by atoms with Gasteiger partial charge in [-0.2, -0.15) is 5.10 Å². The van der Waals surface area contributed by atoms with Crippen LogP contribution in [-0.2, 0) is 17.4 Å². The molecule has 2 nitrogen and oxygen atoms in total. The Morgan fingerprint density at radius 2 is 2.20 bits per heavy atom. The number of hydrogen-bond donors (Lipinski definition) is 0. The fraction of sp³-hybridized carbons (Fsp3) is 0.727. The third-order valence-electron chi connectivity index (χ3n) is 2.88. The molecule has 0 amide bonds. The lowest BCUT2D eigenvalue weighted by Gasteiger charge is -2.26. The van der Waals surface area contributed by atoms with Crippen molar-refractivity contribution < 1.29 is 4.39 Å². The molecule has 2 atom stereocenters. The molecule has 1 aromatic heterocycles. The van der Waals surface area contributed by atoms with Crippen LogP contribution < -0.4 is 0 Å². The average Bonchev–Trinajstić information content (AvgIpc) is 2.47. The Kier molecular flexibility index (Phi) is 2.42. The highest BCUT2D eigenvalue weighted by atomic mass is 31.0. The van der Waals surface area contributed by atoms with Gasteiger partial charge in [0.2, 0.25) is 0 Å². The van der Waals surface area contributed by atoms with E-state index >= 15 is 0 Å². The molecule has 4 heteroatoms. The minimum absolute atomic E-state index is 0.00884. The molecule has 0 saturated carbocycles. The average molecular weight is 228 g/mol. The summed E-state index contributed by atoms with van der Waals surface area (Å²) in [5.41, 5.74) is 1.68. The van der Waals surface area contributed by atoms with E-state index in [0.29, 0.717) is 12.1 Å². The summed E-state index contributed by atoms with van der Waals surface area (Å²) in [5, 5.41) is 3.20. The van der Waals surface area contributed by atoms with Crippen molar-refractivity contribution in [2.24, 2.45) is 0 Å². The molecule has 0 radical (unpaired) electrons. The van der Waals surface area contributed by atoms with Crippen LogP contribution in [0.1, 0.15) is 45.0 Å². The second-order valence-electron chi connectivity index (χ2n) is 5.35. The van der Waals surface area contributed by atoms with E-state index in [0.717, 1.165) is 18.7 Å². The Morgan fingerprint density at radius 3 is 2.73 bits per heavy atom. The Morgan fingerprint density at radius 1 is 1.53 bits per heavy atom. The molecule has 0 aliphatic carbocycles. The summed E-state index contributed by atoms with van der Waals surface area (Å²) in [5.74, 6) is 0. The highest BCUT2D eigenvalue weighted by Crippen LogP contribution is 2.42. The van der Waals surface area contributed by atoms with Crippen molar-refractivity contribution in [3.63, 3.8) is 0 Å². The maximum atomic E-state index is 14.2. The molecule has 0 bridgehead atoms. The second-order valence-corrected chi connectivity index (χ2v) is 6.27. The van der Waals surface area contributed by atoms with Gasteiger partial charge in [0.05, 0.1) is 11.4 Å². The smallest absolute Gasteiger partial charge is 0.164 e.